The Kier molecular flexibility index (Phi) is 5.68. The highest BCUT2D eigenvalue weighted by Gasteiger charge is 2.42. The van der Waals surface area contributed by atoms with E-state index in [1.807, 2.05) is 24.3 Å². The minimum absolute atomic E-state index is 0.119. The molecule has 2 aromatic carbocycles. The van der Waals surface area contributed by atoms with E-state index in [0.717, 1.165) is 5.56 Å². The topological polar surface area (TPSA) is 69.0 Å². The van der Waals surface area contributed by atoms with E-state index in [1.54, 1.807) is 42.4 Å². The molecule has 2 heterocycles. The van der Waals surface area contributed by atoms with E-state index in [2.05, 4.69) is 6.58 Å². The van der Waals surface area contributed by atoms with Crippen LogP contribution in [0.5, 0.6) is 5.75 Å². The maximum atomic E-state index is 13.3. The molecule has 0 bridgehead atoms. The maximum Gasteiger partial charge on any atom is 0.290 e. The molecule has 6 heteroatoms. The summed E-state index contributed by atoms with van der Waals surface area (Å²) >= 11 is 0. The molecule has 0 radical (unpaired) electrons. The summed E-state index contributed by atoms with van der Waals surface area (Å²) in [4.78, 5) is 28.2. The lowest BCUT2D eigenvalue weighted by molar-refractivity contribution is 0.0708. The molecule has 0 saturated heterocycles. The number of rotatable bonds is 8. The lowest BCUT2D eigenvalue weighted by Crippen LogP contribution is -2.31. The predicted octanol–water partition coefficient (Wildman–Crippen LogP) is 3.94. The number of hydrogen-bond donors (Lipinski definition) is 0. The molecule has 1 atom stereocenters. The zero-order valence-electron chi connectivity index (χ0n) is 16.8. The van der Waals surface area contributed by atoms with Gasteiger partial charge in [0.05, 0.1) is 17.0 Å². The highest BCUT2D eigenvalue weighted by molar-refractivity contribution is 5.99. The highest BCUT2D eigenvalue weighted by Crippen LogP contribution is 2.38. The van der Waals surface area contributed by atoms with E-state index in [1.165, 1.54) is 0 Å². The van der Waals surface area contributed by atoms with E-state index in [-0.39, 0.29) is 17.1 Å². The van der Waals surface area contributed by atoms with E-state index >= 15 is 0 Å². The van der Waals surface area contributed by atoms with Crippen LogP contribution in [0.4, 0.5) is 0 Å². The highest BCUT2D eigenvalue weighted by atomic mass is 16.5. The fourth-order valence-electron chi connectivity index (χ4n) is 3.83. The van der Waals surface area contributed by atoms with Gasteiger partial charge in [0, 0.05) is 20.3 Å². The van der Waals surface area contributed by atoms with Crippen molar-refractivity contribution in [2.45, 2.75) is 12.5 Å². The van der Waals surface area contributed by atoms with Gasteiger partial charge < -0.3 is 18.8 Å². The van der Waals surface area contributed by atoms with Gasteiger partial charge in [-0.3, -0.25) is 9.59 Å². The first-order valence-corrected chi connectivity index (χ1v) is 9.85. The second kappa shape index (κ2) is 8.55. The fourth-order valence-corrected chi connectivity index (χ4v) is 3.83. The van der Waals surface area contributed by atoms with Gasteiger partial charge in [-0.25, -0.2) is 0 Å². The van der Waals surface area contributed by atoms with Gasteiger partial charge in [-0.05, 0) is 36.2 Å². The number of carbonyl (C=O) groups is 1. The number of amides is 1. The Morgan fingerprint density at radius 1 is 1.13 bits per heavy atom. The predicted molar refractivity (Wildman–Crippen MR) is 114 cm³/mol. The minimum atomic E-state index is -0.515. The van der Waals surface area contributed by atoms with E-state index in [0.29, 0.717) is 48.5 Å². The monoisotopic (exact) mass is 405 g/mol. The molecule has 0 N–H and O–H groups in total. The van der Waals surface area contributed by atoms with Crippen LogP contribution in [-0.4, -0.2) is 37.7 Å². The normalized spacial score (nSPS) is 15.4. The summed E-state index contributed by atoms with van der Waals surface area (Å²) < 4.78 is 16.6. The summed E-state index contributed by atoms with van der Waals surface area (Å²) in [5.74, 6) is 0.536. The first-order chi connectivity index (χ1) is 14.7. The molecule has 0 aliphatic carbocycles. The number of ether oxygens (including phenoxy) is 2. The van der Waals surface area contributed by atoms with Gasteiger partial charge in [0.15, 0.2) is 5.43 Å². The van der Waals surface area contributed by atoms with Crippen molar-refractivity contribution >= 4 is 16.9 Å². The van der Waals surface area contributed by atoms with Crippen molar-refractivity contribution < 1.29 is 18.7 Å². The molecule has 6 nitrogen and oxygen atoms in total. The van der Waals surface area contributed by atoms with Gasteiger partial charge in [-0.15, -0.1) is 0 Å². The molecular weight excluding hydrogens is 382 g/mol. The minimum Gasteiger partial charge on any atom is -0.490 e. The summed E-state index contributed by atoms with van der Waals surface area (Å²) in [6, 6.07) is 13.9. The number of benzene rings is 2. The Morgan fingerprint density at radius 2 is 1.90 bits per heavy atom. The van der Waals surface area contributed by atoms with Crippen LogP contribution < -0.4 is 10.2 Å². The number of para-hydroxylation sites is 1. The lowest BCUT2D eigenvalue weighted by atomic mass is 9.98. The number of carbonyl (C=O) groups excluding carboxylic acids is 1. The molecule has 1 aliphatic rings. The molecular formula is C24H23NO5. The van der Waals surface area contributed by atoms with Crippen LogP contribution in [0.15, 0.2) is 70.4 Å². The standard InChI is InChI=1S/C24H23NO5/c1-3-14-29-17-11-9-16(10-12-17)21-20-22(26)18-7-4-5-8-19(18)30-23(20)24(27)25(21)13-6-15-28-2/h3-5,7-12,21H,1,6,13-15H2,2H3/t21-/m1/s1. The summed E-state index contributed by atoms with van der Waals surface area (Å²) in [6.07, 6.45) is 2.33. The average Bonchev–Trinajstić information content (AvgIpc) is 3.05. The smallest absolute Gasteiger partial charge is 0.290 e. The summed E-state index contributed by atoms with van der Waals surface area (Å²) in [5, 5.41) is 0.471. The van der Waals surface area contributed by atoms with Crippen LogP contribution in [0, 0.1) is 0 Å². The van der Waals surface area contributed by atoms with Crippen LogP contribution in [0.1, 0.15) is 34.1 Å². The Hall–Kier alpha value is -3.38. The van der Waals surface area contributed by atoms with E-state index < -0.39 is 6.04 Å². The summed E-state index contributed by atoms with van der Waals surface area (Å²) in [5.41, 5.74) is 1.45. The number of hydrogen-bond acceptors (Lipinski definition) is 5. The van der Waals surface area contributed by atoms with Gasteiger partial charge in [0.2, 0.25) is 5.76 Å². The Balaban J connectivity index is 1.81. The number of methoxy groups -OCH3 is 1. The molecule has 30 heavy (non-hydrogen) atoms. The zero-order valence-corrected chi connectivity index (χ0v) is 16.8. The lowest BCUT2D eigenvalue weighted by Gasteiger charge is -2.25. The molecule has 0 fully saturated rings. The Morgan fingerprint density at radius 3 is 2.63 bits per heavy atom. The van der Waals surface area contributed by atoms with Gasteiger partial charge in [-0.2, -0.15) is 0 Å². The number of nitrogens with zero attached hydrogens (tertiary/aromatic N) is 1. The van der Waals surface area contributed by atoms with Gasteiger partial charge in [-0.1, -0.05) is 36.9 Å². The second-order valence-corrected chi connectivity index (χ2v) is 7.09. The fraction of sp³-hybridized carbons (Fsp3) is 0.250. The van der Waals surface area contributed by atoms with E-state index in [9.17, 15) is 9.59 Å². The van der Waals surface area contributed by atoms with Crippen molar-refractivity contribution in [3.05, 3.63) is 88.3 Å². The first kappa shape index (κ1) is 19.9. The van der Waals surface area contributed by atoms with Crippen molar-refractivity contribution in [3.63, 3.8) is 0 Å². The maximum absolute atomic E-state index is 13.3. The third-order valence-electron chi connectivity index (χ3n) is 5.18. The summed E-state index contributed by atoms with van der Waals surface area (Å²) in [7, 11) is 1.62. The average molecular weight is 405 g/mol. The number of fused-ring (bicyclic) bond motifs is 2. The van der Waals surface area contributed by atoms with Gasteiger partial charge in [0.1, 0.15) is 17.9 Å². The molecule has 1 aromatic heterocycles. The van der Waals surface area contributed by atoms with Crippen molar-refractivity contribution in [3.8, 4) is 5.75 Å². The second-order valence-electron chi connectivity index (χ2n) is 7.09. The molecule has 1 aliphatic heterocycles. The van der Waals surface area contributed by atoms with Crippen molar-refractivity contribution in [1.82, 2.24) is 4.90 Å². The molecule has 3 aromatic rings. The van der Waals surface area contributed by atoms with Crippen molar-refractivity contribution in [2.75, 3.05) is 26.9 Å². The van der Waals surface area contributed by atoms with Crippen LogP contribution >= 0.6 is 0 Å². The third kappa shape index (κ3) is 3.50. The largest absolute Gasteiger partial charge is 0.490 e. The molecule has 0 saturated carbocycles. The van der Waals surface area contributed by atoms with Crippen molar-refractivity contribution in [2.24, 2.45) is 0 Å². The van der Waals surface area contributed by atoms with Gasteiger partial charge in [0.25, 0.3) is 5.91 Å². The van der Waals surface area contributed by atoms with Crippen LogP contribution in [0.25, 0.3) is 11.0 Å². The Bertz CT molecular complexity index is 1130. The quantitative estimate of drug-likeness (QED) is 0.419. The van der Waals surface area contributed by atoms with Gasteiger partial charge >= 0.3 is 0 Å². The van der Waals surface area contributed by atoms with Crippen LogP contribution in [0.3, 0.4) is 0 Å². The molecule has 4 rings (SSSR count). The Labute approximate surface area is 174 Å². The molecule has 0 spiro atoms. The SMILES string of the molecule is C=CCOc1ccc([C@@H]2c3c(oc4ccccc4c3=O)C(=O)N2CCCOC)cc1. The summed E-state index contributed by atoms with van der Waals surface area (Å²) in [6.45, 7) is 5.02. The first-order valence-electron chi connectivity index (χ1n) is 9.85. The third-order valence-corrected chi connectivity index (χ3v) is 5.18. The molecule has 154 valence electrons. The molecule has 0 unspecified atom stereocenters. The van der Waals surface area contributed by atoms with Crippen molar-refractivity contribution in [1.29, 1.82) is 0 Å². The van der Waals surface area contributed by atoms with Crippen LogP contribution in [0.2, 0.25) is 0 Å². The van der Waals surface area contributed by atoms with Crippen LogP contribution in [-0.2, 0) is 4.74 Å². The zero-order chi connectivity index (χ0) is 21.1. The van der Waals surface area contributed by atoms with E-state index in [4.69, 9.17) is 13.9 Å². The molecule has 1 amide bonds.